The first-order chi connectivity index (χ1) is 22.3. The van der Waals surface area contributed by atoms with Crippen LogP contribution in [0.15, 0.2) is 54.1 Å². The number of H-pyrrole nitrogens is 1. The number of aromatic amines is 1. The molecular weight excluding hydrogens is 701 g/mol. The van der Waals surface area contributed by atoms with Gasteiger partial charge in [0, 0.05) is 54.7 Å². The van der Waals surface area contributed by atoms with Gasteiger partial charge in [0.2, 0.25) is 11.8 Å². The van der Waals surface area contributed by atoms with Gasteiger partial charge in [-0.25, -0.2) is 0 Å². The quantitative estimate of drug-likeness (QED) is 0.0872. The van der Waals surface area contributed by atoms with Gasteiger partial charge < -0.3 is 34.9 Å². The number of hydrogen-bond acceptors (Lipinski definition) is 7. The van der Waals surface area contributed by atoms with Gasteiger partial charge in [-0.3, -0.25) is 14.4 Å². The summed E-state index contributed by atoms with van der Waals surface area (Å²) in [6.07, 6.45) is 6.04. The van der Waals surface area contributed by atoms with E-state index < -0.39 is 24.2 Å². The Morgan fingerprint density at radius 2 is 1.93 bits per heavy atom. The number of carbonyl (C=O) groups is 3. The first kappa shape index (κ1) is 35.4. The van der Waals surface area contributed by atoms with Crippen LogP contribution in [0, 0.1) is 3.57 Å². The average Bonchev–Trinajstić information content (AvgIpc) is 3.48. The maximum Gasteiger partial charge on any atom is 0.247 e. The second-order valence-corrected chi connectivity index (χ2v) is 12.7. The number of hydrogen-bond donors (Lipinski definition) is 4. The average molecular weight is 746 g/mol. The second kappa shape index (κ2) is 17.5. The molecule has 0 unspecified atom stereocenters. The number of benzene rings is 2. The number of aliphatic hydroxyl groups excluding tert-OH is 2. The molecule has 1 aliphatic carbocycles. The van der Waals surface area contributed by atoms with E-state index in [9.17, 15) is 24.6 Å². The molecule has 2 aromatic carbocycles. The highest BCUT2D eigenvalue weighted by Gasteiger charge is 2.40. The number of carbonyl (C=O) groups excluding carboxylic acids is 3. The Balaban J connectivity index is 1.65. The number of ether oxygens (including phenoxy) is 2. The van der Waals surface area contributed by atoms with Crippen molar-refractivity contribution in [3.8, 4) is 11.5 Å². The summed E-state index contributed by atoms with van der Waals surface area (Å²) in [5, 5.41) is 24.9. The minimum atomic E-state index is -1.17. The molecule has 0 saturated heterocycles. The van der Waals surface area contributed by atoms with Crippen LogP contribution < -0.4 is 14.8 Å². The van der Waals surface area contributed by atoms with Crippen LogP contribution in [0.1, 0.15) is 67.9 Å². The standard InChI is InChI=1S/C35H44IN3O7/c1-3-4-5-6-7-12-32(42)39(15-13-26-19-24-10-8-9-11-28(24)38-26)29-20-25(35(44)37-14-16-40)21-30(33(29)43)46-34-27(36)17-23(22-41)18-31(34)45-2/h8-11,17-19,21-22,29-30,33,38,40,43H,3-7,12-16,20H2,1-2H3,(H,37,44)/t29-,30+,33+/m1/s1. The molecule has 0 fully saturated rings. The monoisotopic (exact) mass is 745 g/mol. The number of nitrogens with one attached hydrogen (secondary N) is 2. The molecule has 10 nitrogen and oxygen atoms in total. The number of amides is 2. The van der Waals surface area contributed by atoms with Crippen LogP contribution in [-0.2, 0) is 16.0 Å². The van der Waals surface area contributed by atoms with Crippen LogP contribution in [0.25, 0.3) is 10.9 Å². The maximum atomic E-state index is 13.9. The topological polar surface area (TPSA) is 141 Å². The highest BCUT2D eigenvalue weighted by Crippen LogP contribution is 2.37. The summed E-state index contributed by atoms with van der Waals surface area (Å²) in [6.45, 7) is 2.32. The number of halogens is 1. The van der Waals surface area contributed by atoms with Gasteiger partial charge in [0.1, 0.15) is 18.5 Å². The molecule has 4 rings (SSSR count). The smallest absolute Gasteiger partial charge is 0.247 e. The van der Waals surface area contributed by atoms with Crippen molar-refractivity contribution < 1.29 is 34.1 Å². The Morgan fingerprint density at radius 1 is 1.15 bits per heavy atom. The first-order valence-electron chi connectivity index (χ1n) is 15.9. The Hall–Kier alpha value is -3.42. The van der Waals surface area contributed by atoms with Crippen molar-refractivity contribution in [3.05, 3.63) is 68.9 Å². The molecule has 1 aliphatic rings. The molecule has 248 valence electrons. The Morgan fingerprint density at radius 3 is 2.65 bits per heavy atom. The summed E-state index contributed by atoms with van der Waals surface area (Å²) in [4.78, 5) is 43.7. The zero-order chi connectivity index (χ0) is 33.1. The number of methoxy groups -OCH3 is 1. The van der Waals surface area contributed by atoms with E-state index >= 15 is 0 Å². The molecule has 0 aliphatic heterocycles. The van der Waals surface area contributed by atoms with Crippen LogP contribution in [0.3, 0.4) is 0 Å². The number of para-hydroxylation sites is 1. The van der Waals surface area contributed by atoms with E-state index in [1.54, 1.807) is 23.1 Å². The lowest BCUT2D eigenvalue weighted by atomic mass is 9.87. The lowest BCUT2D eigenvalue weighted by molar-refractivity contribution is -0.138. The molecule has 0 bridgehead atoms. The van der Waals surface area contributed by atoms with Crippen LogP contribution in [0.4, 0.5) is 0 Å². The van der Waals surface area contributed by atoms with E-state index in [1.165, 1.54) is 7.11 Å². The van der Waals surface area contributed by atoms with Crippen molar-refractivity contribution in [1.29, 1.82) is 0 Å². The summed E-state index contributed by atoms with van der Waals surface area (Å²) in [6, 6.07) is 12.5. The number of unbranched alkanes of at least 4 members (excludes halogenated alkanes) is 4. The van der Waals surface area contributed by atoms with Crippen LogP contribution in [0.2, 0.25) is 0 Å². The molecule has 2 amide bonds. The van der Waals surface area contributed by atoms with E-state index in [1.807, 2.05) is 46.9 Å². The Kier molecular flexibility index (Phi) is 13.5. The van der Waals surface area contributed by atoms with Crippen molar-refractivity contribution in [2.75, 3.05) is 26.8 Å². The number of fused-ring (bicyclic) bond motifs is 1. The number of aliphatic hydroxyl groups is 2. The van der Waals surface area contributed by atoms with E-state index in [4.69, 9.17) is 9.47 Å². The van der Waals surface area contributed by atoms with Crippen molar-refractivity contribution in [3.63, 3.8) is 0 Å². The zero-order valence-corrected chi connectivity index (χ0v) is 28.6. The maximum absolute atomic E-state index is 13.9. The predicted octanol–water partition coefficient (Wildman–Crippen LogP) is 4.94. The molecule has 3 atom stereocenters. The normalized spacial score (nSPS) is 17.8. The highest BCUT2D eigenvalue weighted by atomic mass is 127. The number of rotatable bonds is 17. The third-order valence-electron chi connectivity index (χ3n) is 8.28. The summed E-state index contributed by atoms with van der Waals surface area (Å²) < 4.78 is 12.4. The van der Waals surface area contributed by atoms with Gasteiger partial charge in [0.05, 0.1) is 23.3 Å². The van der Waals surface area contributed by atoms with Crippen molar-refractivity contribution >= 4 is 51.6 Å². The predicted molar refractivity (Wildman–Crippen MR) is 185 cm³/mol. The molecule has 4 N–H and O–H groups in total. The Labute approximate surface area is 283 Å². The van der Waals surface area contributed by atoms with Gasteiger partial charge in [0.15, 0.2) is 11.5 Å². The van der Waals surface area contributed by atoms with Crippen LogP contribution in [0.5, 0.6) is 11.5 Å². The van der Waals surface area contributed by atoms with Gasteiger partial charge in [-0.2, -0.15) is 0 Å². The van der Waals surface area contributed by atoms with Crippen LogP contribution in [-0.4, -0.2) is 83.3 Å². The lowest BCUT2D eigenvalue weighted by Crippen LogP contribution is -2.55. The number of aromatic nitrogens is 1. The molecule has 0 radical (unpaired) electrons. The van der Waals surface area contributed by atoms with Gasteiger partial charge in [-0.05, 0) is 64.7 Å². The summed E-state index contributed by atoms with van der Waals surface area (Å²) >= 11 is 2.04. The minimum absolute atomic E-state index is 0.0641. The minimum Gasteiger partial charge on any atom is -0.493 e. The number of aldehydes is 1. The summed E-state index contributed by atoms with van der Waals surface area (Å²) in [5.41, 5.74) is 2.72. The SMILES string of the molecule is CCCCCCCC(=O)N(CCc1cc2ccccc2[nH]1)[C@@H]1CC(C(=O)NCCO)=C[C@H](Oc2c(I)cc(C=O)cc2OC)[C@H]1O. The molecule has 0 saturated carbocycles. The third kappa shape index (κ3) is 9.10. The summed E-state index contributed by atoms with van der Waals surface area (Å²) in [7, 11) is 1.46. The third-order valence-corrected chi connectivity index (χ3v) is 9.08. The van der Waals surface area contributed by atoms with Gasteiger partial charge in [-0.15, -0.1) is 0 Å². The fourth-order valence-corrected chi connectivity index (χ4v) is 6.60. The van der Waals surface area contributed by atoms with Gasteiger partial charge >= 0.3 is 0 Å². The highest BCUT2D eigenvalue weighted by molar-refractivity contribution is 14.1. The molecule has 46 heavy (non-hydrogen) atoms. The van der Waals surface area contributed by atoms with E-state index in [0.717, 1.165) is 48.7 Å². The second-order valence-electron chi connectivity index (χ2n) is 11.6. The van der Waals surface area contributed by atoms with Crippen molar-refractivity contribution in [2.24, 2.45) is 0 Å². The molecule has 1 heterocycles. The van der Waals surface area contributed by atoms with E-state index in [0.29, 0.717) is 51.9 Å². The molecule has 11 heteroatoms. The number of nitrogens with zero attached hydrogens (tertiary/aromatic N) is 1. The van der Waals surface area contributed by atoms with Gasteiger partial charge in [-0.1, -0.05) is 50.8 Å². The fraction of sp³-hybridized carbons (Fsp3) is 0.457. The largest absolute Gasteiger partial charge is 0.493 e. The zero-order valence-electron chi connectivity index (χ0n) is 26.5. The van der Waals surface area contributed by atoms with Gasteiger partial charge in [0.25, 0.3) is 0 Å². The molecule has 3 aromatic rings. The summed E-state index contributed by atoms with van der Waals surface area (Å²) in [5.74, 6) is 0.133. The van der Waals surface area contributed by atoms with Crippen molar-refractivity contribution in [2.45, 2.75) is 76.5 Å². The molecular formula is C35H44IN3O7. The van der Waals surface area contributed by atoms with E-state index in [-0.39, 0.29) is 25.5 Å². The molecule has 1 aromatic heterocycles. The fourth-order valence-electron chi connectivity index (χ4n) is 5.85. The Bertz CT molecular complexity index is 1490. The van der Waals surface area contributed by atoms with Crippen molar-refractivity contribution in [1.82, 2.24) is 15.2 Å². The van der Waals surface area contributed by atoms with E-state index in [2.05, 4.69) is 23.3 Å². The lowest BCUT2D eigenvalue weighted by Gasteiger charge is -2.40. The van der Waals surface area contributed by atoms with Crippen LogP contribution >= 0.6 is 22.6 Å². The first-order valence-corrected chi connectivity index (χ1v) is 17.0. The molecule has 0 spiro atoms.